The lowest BCUT2D eigenvalue weighted by atomic mass is 10.2. The smallest absolute Gasteiger partial charge is 0.252 e. The Bertz CT molecular complexity index is 476. The van der Waals surface area contributed by atoms with Crippen LogP contribution in [0, 0.1) is 0 Å². The summed E-state index contributed by atoms with van der Waals surface area (Å²) in [5.74, 6) is 0. The van der Waals surface area contributed by atoms with Crippen LogP contribution >= 0.6 is 0 Å². The fraction of sp³-hybridized carbons (Fsp3) is 0.182. The molecule has 78 valence electrons. The molecule has 2 aromatic rings. The lowest BCUT2D eigenvalue weighted by Gasteiger charge is -2.06. The van der Waals surface area contributed by atoms with Gasteiger partial charge in [-0.05, 0) is 12.1 Å². The normalized spacial score (nSPS) is 11.9. The van der Waals surface area contributed by atoms with E-state index in [1.165, 1.54) is 6.07 Å². The molecule has 1 aromatic carbocycles. The molecule has 0 saturated heterocycles. The summed E-state index contributed by atoms with van der Waals surface area (Å²) >= 11 is 0. The van der Waals surface area contributed by atoms with Gasteiger partial charge in [-0.1, -0.05) is 24.3 Å². The molecule has 4 heteroatoms. The van der Waals surface area contributed by atoms with Gasteiger partial charge in [-0.15, -0.1) is 0 Å². The monoisotopic (exact) mass is 211 g/mol. The van der Waals surface area contributed by atoms with Gasteiger partial charge in [0.2, 0.25) is 0 Å². The van der Waals surface area contributed by atoms with Crippen molar-refractivity contribution in [3.05, 3.63) is 42.1 Å². The maximum atomic E-state index is 12.1. The third-order valence-electron chi connectivity index (χ3n) is 2.04. The third kappa shape index (κ3) is 2.46. The number of alkyl halides is 3. The van der Waals surface area contributed by atoms with E-state index in [2.05, 4.69) is 4.98 Å². The summed E-state index contributed by atoms with van der Waals surface area (Å²) in [5.41, 5.74) is 0.653. The van der Waals surface area contributed by atoms with E-state index in [0.717, 1.165) is 5.39 Å². The highest BCUT2D eigenvalue weighted by Crippen LogP contribution is 2.21. The number of fused-ring (bicyclic) bond motifs is 1. The molecule has 1 heterocycles. The molecular formula is C11H8F3N. The van der Waals surface area contributed by atoms with Gasteiger partial charge in [0.1, 0.15) is 0 Å². The quantitative estimate of drug-likeness (QED) is 0.704. The first-order chi connectivity index (χ1) is 7.04. The number of para-hydroxylation sites is 1. The zero-order valence-corrected chi connectivity index (χ0v) is 7.75. The largest absolute Gasteiger partial charge is 0.394 e. The van der Waals surface area contributed by atoms with E-state index >= 15 is 0 Å². The second-order valence-electron chi connectivity index (χ2n) is 3.29. The van der Waals surface area contributed by atoms with Gasteiger partial charge in [0, 0.05) is 5.39 Å². The van der Waals surface area contributed by atoms with Crippen LogP contribution in [-0.2, 0) is 6.42 Å². The van der Waals surface area contributed by atoms with Gasteiger partial charge in [0.05, 0.1) is 17.6 Å². The fourth-order valence-electron chi connectivity index (χ4n) is 1.41. The van der Waals surface area contributed by atoms with Gasteiger partial charge >= 0.3 is 6.18 Å². The molecular weight excluding hydrogens is 203 g/mol. The average molecular weight is 211 g/mol. The van der Waals surface area contributed by atoms with Crippen molar-refractivity contribution in [3.8, 4) is 0 Å². The van der Waals surface area contributed by atoms with E-state index in [4.69, 9.17) is 0 Å². The molecule has 0 spiro atoms. The molecule has 0 amide bonds. The van der Waals surface area contributed by atoms with Crippen LogP contribution in [0.1, 0.15) is 5.69 Å². The Morgan fingerprint density at radius 1 is 1.00 bits per heavy atom. The van der Waals surface area contributed by atoms with Crippen molar-refractivity contribution in [1.29, 1.82) is 0 Å². The Hall–Kier alpha value is -1.58. The Balaban J connectivity index is 2.39. The summed E-state index contributed by atoms with van der Waals surface area (Å²) in [7, 11) is 0. The van der Waals surface area contributed by atoms with E-state index < -0.39 is 12.6 Å². The van der Waals surface area contributed by atoms with Gasteiger partial charge in [-0.3, -0.25) is 4.98 Å². The minimum absolute atomic E-state index is 0.0567. The van der Waals surface area contributed by atoms with E-state index in [1.54, 1.807) is 18.2 Å². The Morgan fingerprint density at radius 3 is 2.47 bits per heavy atom. The highest BCUT2D eigenvalue weighted by atomic mass is 19.4. The summed E-state index contributed by atoms with van der Waals surface area (Å²) in [6.07, 6.45) is -5.17. The van der Waals surface area contributed by atoms with E-state index in [0.29, 0.717) is 5.52 Å². The van der Waals surface area contributed by atoms with Gasteiger partial charge in [0.15, 0.2) is 0 Å². The van der Waals surface area contributed by atoms with E-state index in [9.17, 15) is 13.2 Å². The van der Waals surface area contributed by atoms with Crippen molar-refractivity contribution in [1.82, 2.24) is 4.98 Å². The minimum atomic E-state index is -4.20. The molecule has 1 nitrogen and oxygen atoms in total. The second-order valence-corrected chi connectivity index (χ2v) is 3.29. The predicted octanol–water partition coefficient (Wildman–Crippen LogP) is 3.34. The first-order valence-corrected chi connectivity index (χ1v) is 4.46. The lowest BCUT2D eigenvalue weighted by Crippen LogP contribution is -2.12. The van der Waals surface area contributed by atoms with Crippen molar-refractivity contribution in [2.45, 2.75) is 12.6 Å². The number of halogens is 3. The average Bonchev–Trinajstić information content (AvgIpc) is 2.15. The maximum absolute atomic E-state index is 12.1. The number of pyridine rings is 1. The molecule has 0 N–H and O–H groups in total. The number of nitrogens with zero attached hydrogens (tertiary/aromatic N) is 1. The fourth-order valence-corrected chi connectivity index (χ4v) is 1.41. The zero-order chi connectivity index (χ0) is 10.9. The molecule has 0 fully saturated rings. The Kier molecular flexibility index (Phi) is 2.34. The van der Waals surface area contributed by atoms with Gasteiger partial charge < -0.3 is 0 Å². The molecule has 0 atom stereocenters. The van der Waals surface area contributed by atoms with Crippen LogP contribution in [0.3, 0.4) is 0 Å². The first-order valence-electron chi connectivity index (χ1n) is 4.46. The third-order valence-corrected chi connectivity index (χ3v) is 2.04. The molecule has 0 aliphatic heterocycles. The van der Waals surface area contributed by atoms with E-state index in [1.807, 2.05) is 12.1 Å². The van der Waals surface area contributed by atoms with Gasteiger partial charge in [-0.2, -0.15) is 13.2 Å². The summed E-state index contributed by atoms with van der Waals surface area (Å²) in [6, 6.07) is 10.2. The molecule has 1 aromatic heterocycles. The molecule has 0 unspecified atom stereocenters. The summed E-state index contributed by atoms with van der Waals surface area (Å²) in [6.45, 7) is 0. The van der Waals surface area contributed by atoms with Crippen LogP contribution in [0.2, 0.25) is 0 Å². The highest BCUT2D eigenvalue weighted by molar-refractivity contribution is 5.78. The SMILES string of the molecule is FC(F)(F)Cc1ccc2ccccc2n1. The van der Waals surface area contributed by atoms with Crippen molar-refractivity contribution in [3.63, 3.8) is 0 Å². The van der Waals surface area contributed by atoms with Crippen LogP contribution < -0.4 is 0 Å². The Labute approximate surface area is 84.6 Å². The van der Waals surface area contributed by atoms with Gasteiger partial charge in [0.25, 0.3) is 0 Å². The van der Waals surface area contributed by atoms with Gasteiger partial charge in [-0.25, -0.2) is 0 Å². The van der Waals surface area contributed by atoms with E-state index in [-0.39, 0.29) is 5.69 Å². The second kappa shape index (κ2) is 3.53. The highest BCUT2D eigenvalue weighted by Gasteiger charge is 2.28. The molecule has 0 saturated carbocycles. The van der Waals surface area contributed by atoms with Crippen molar-refractivity contribution in [2.75, 3.05) is 0 Å². The summed E-state index contributed by atoms with van der Waals surface area (Å²) in [4.78, 5) is 3.94. The van der Waals surface area contributed by atoms with Crippen molar-refractivity contribution < 1.29 is 13.2 Å². The number of hydrogen-bond donors (Lipinski definition) is 0. The zero-order valence-electron chi connectivity index (χ0n) is 7.75. The van der Waals surface area contributed by atoms with Crippen LogP contribution in [0.15, 0.2) is 36.4 Å². The molecule has 0 radical (unpaired) electrons. The number of benzene rings is 1. The minimum Gasteiger partial charge on any atom is -0.252 e. The summed E-state index contributed by atoms with van der Waals surface area (Å²) in [5, 5.41) is 0.850. The molecule has 0 bridgehead atoms. The van der Waals surface area contributed by atoms with Crippen LogP contribution in [-0.4, -0.2) is 11.2 Å². The standard InChI is InChI=1S/C11H8F3N/c12-11(13,14)7-9-6-5-8-3-1-2-4-10(8)15-9/h1-6H,7H2. The number of aromatic nitrogens is 1. The Morgan fingerprint density at radius 2 is 1.73 bits per heavy atom. The maximum Gasteiger partial charge on any atom is 0.394 e. The predicted molar refractivity (Wildman–Crippen MR) is 51.5 cm³/mol. The topological polar surface area (TPSA) is 12.9 Å². The lowest BCUT2D eigenvalue weighted by molar-refractivity contribution is -0.127. The van der Waals surface area contributed by atoms with Crippen LogP contribution in [0.5, 0.6) is 0 Å². The molecule has 2 rings (SSSR count). The first kappa shape index (κ1) is 9.96. The molecule has 0 aliphatic rings. The van der Waals surface area contributed by atoms with Crippen LogP contribution in [0.4, 0.5) is 13.2 Å². The van der Waals surface area contributed by atoms with Crippen molar-refractivity contribution >= 4 is 10.9 Å². The van der Waals surface area contributed by atoms with Crippen molar-refractivity contribution in [2.24, 2.45) is 0 Å². The number of hydrogen-bond acceptors (Lipinski definition) is 1. The number of rotatable bonds is 1. The molecule has 0 aliphatic carbocycles. The van der Waals surface area contributed by atoms with Crippen LogP contribution in [0.25, 0.3) is 10.9 Å². The summed E-state index contributed by atoms with van der Waals surface area (Å²) < 4.78 is 36.3. The molecule has 15 heavy (non-hydrogen) atoms.